The third-order valence-corrected chi connectivity index (χ3v) is 4.07. The van der Waals surface area contributed by atoms with E-state index in [0.717, 1.165) is 26.4 Å². The molecule has 16 heavy (non-hydrogen) atoms. The van der Waals surface area contributed by atoms with E-state index in [2.05, 4.69) is 15.3 Å². The number of aromatic nitrogens is 2. The summed E-state index contributed by atoms with van der Waals surface area (Å²) >= 11 is 3.24. The van der Waals surface area contributed by atoms with Crippen molar-refractivity contribution < 1.29 is 4.74 Å². The highest BCUT2D eigenvalue weighted by Gasteiger charge is 2.12. The Hall–Kier alpha value is -0.980. The number of nitrogens with zero attached hydrogens (tertiary/aromatic N) is 2. The zero-order valence-electron chi connectivity index (χ0n) is 9.40. The molecule has 86 valence electrons. The molecular formula is C10H13N3OS2. The van der Waals surface area contributed by atoms with Gasteiger partial charge >= 0.3 is 0 Å². The Kier molecular flexibility index (Phi) is 3.52. The van der Waals surface area contributed by atoms with Gasteiger partial charge in [0.05, 0.1) is 22.9 Å². The summed E-state index contributed by atoms with van der Waals surface area (Å²) in [6.45, 7) is 2.57. The van der Waals surface area contributed by atoms with E-state index in [1.807, 2.05) is 19.4 Å². The van der Waals surface area contributed by atoms with Crippen LogP contribution in [0.5, 0.6) is 0 Å². The number of aryl methyl sites for hydroxylation is 1. The predicted octanol–water partition coefficient (Wildman–Crippen LogP) is 2.76. The molecule has 0 aromatic carbocycles. The molecule has 0 bridgehead atoms. The van der Waals surface area contributed by atoms with Crippen LogP contribution >= 0.6 is 22.7 Å². The van der Waals surface area contributed by atoms with Crippen molar-refractivity contribution in [2.75, 3.05) is 19.5 Å². The van der Waals surface area contributed by atoms with Gasteiger partial charge in [0, 0.05) is 19.5 Å². The highest BCUT2D eigenvalue weighted by Crippen LogP contribution is 2.32. The van der Waals surface area contributed by atoms with Crippen molar-refractivity contribution in [3.05, 3.63) is 16.1 Å². The standard InChI is InChI=1S/C10H13N3OS2/c1-6-9(16-8(12-6)4-14-3)7-5-15-10(11-2)13-7/h5H,4H2,1-3H3,(H,11,13). The van der Waals surface area contributed by atoms with Crippen molar-refractivity contribution in [2.45, 2.75) is 13.5 Å². The quantitative estimate of drug-likeness (QED) is 0.912. The molecule has 2 aromatic heterocycles. The lowest BCUT2D eigenvalue weighted by Crippen LogP contribution is -1.86. The summed E-state index contributed by atoms with van der Waals surface area (Å²) in [5.41, 5.74) is 2.01. The number of nitrogens with one attached hydrogen (secondary N) is 1. The molecule has 1 N–H and O–H groups in total. The van der Waals surface area contributed by atoms with Gasteiger partial charge in [-0.05, 0) is 6.92 Å². The molecule has 0 aliphatic rings. The van der Waals surface area contributed by atoms with Crippen molar-refractivity contribution in [3.63, 3.8) is 0 Å². The van der Waals surface area contributed by atoms with Crippen LogP contribution in [0.3, 0.4) is 0 Å². The lowest BCUT2D eigenvalue weighted by molar-refractivity contribution is 0.184. The number of anilines is 1. The number of thiazole rings is 2. The van der Waals surface area contributed by atoms with Crippen molar-refractivity contribution >= 4 is 27.8 Å². The normalized spacial score (nSPS) is 10.7. The first kappa shape index (κ1) is 11.5. The van der Waals surface area contributed by atoms with Gasteiger partial charge < -0.3 is 10.1 Å². The molecule has 0 amide bonds. The molecule has 0 radical (unpaired) electrons. The molecule has 0 aliphatic heterocycles. The molecular weight excluding hydrogens is 242 g/mol. The summed E-state index contributed by atoms with van der Waals surface area (Å²) in [4.78, 5) is 10.0. The van der Waals surface area contributed by atoms with E-state index in [0.29, 0.717) is 6.61 Å². The second kappa shape index (κ2) is 4.90. The van der Waals surface area contributed by atoms with Gasteiger partial charge in [0.2, 0.25) is 0 Å². The Morgan fingerprint density at radius 1 is 1.44 bits per heavy atom. The number of methoxy groups -OCH3 is 1. The summed E-state index contributed by atoms with van der Waals surface area (Å²) in [6.07, 6.45) is 0. The third-order valence-electron chi connectivity index (χ3n) is 2.06. The van der Waals surface area contributed by atoms with Crippen LogP contribution < -0.4 is 5.32 Å². The highest BCUT2D eigenvalue weighted by atomic mass is 32.1. The van der Waals surface area contributed by atoms with E-state index in [4.69, 9.17) is 4.74 Å². The smallest absolute Gasteiger partial charge is 0.182 e. The number of rotatable bonds is 4. The molecule has 6 heteroatoms. The molecule has 2 heterocycles. The van der Waals surface area contributed by atoms with E-state index in [1.54, 1.807) is 29.8 Å². The molecule has 0 unspecified atom stereocenters. The van der Waals surface area contributed by atoms with Crippen LogP contribution in [0.25, 0.3) is 10.6 Å². The topological polar surface area (TPSA) is 47.0 Å². The summed E-state index contributed by atoms with van der Waals surface area (Å²) < 4.78 is 5.08. The van der Waals surface area contributed by atoms with Gasteiger partial charge in [0.15, 0.2) is 5.13 Å². The SMILES string of the molecule is CNc1nc(-c2sc(COC)nc2C)cs1. The Balaban J connectivity index is 2.32. The van der Waals surface area contributed by atoms with Crippen molar-refractivity contribution in [3.8, 4) is 10.6 Å². The predicted molar refractivity (Wildman–Crippen MR) is 68.2 cm³/mol. The lowest BCUT2D eigenvalue weighted by atomic mass is 10.3. The third kappa shape index (κ3) is 2.23. The van der Waals surface area contributed by atoms with Gasteiger partial charge in [-0.1, -0.05) is 0 Å². The average Bonchev–Trinajstić information content (AvgIpc) is 2.85. The van der Waals surface area contributed by atoms with Crippen LogP contribution in [0.15, 0.2) is 5.38 Å². The molecule has 0 spiro atoms. The maximum Gasteiger partial charge on any atom is 0.182 e. The summed E-state index contributed by atoms with van der Waals surface area (Å²) in [5, 5.41) is 7.00. The van der Waals surface area contributed by atoms with E-state index < -0.39 is 0 Å². The second-order valence-electron chi connectivity index (χ2n) is 3.24. The lowest BCUT2D eigenvalue weighted by Gasteiger charge is -1.91. The number of hydrogen-bond donors (Lipinski definition) is 1. The maximum absolute atomic E-state index is 5.08. The largest absolute Gasteiger partial charge is 0.378 e. The fraction of sp³-hybridized carbons (Fsp3) is 0.400. The maximum atomic E-state index is 5.08. The second-order valence-corrected chi connectivity index (χ2v) is 5.18. The van der Waals surface area contributed by atoms with Crippen LogP contribution in [-0.2, 0) is 11.3 Å². The van der Waals surface area contributed by atoms with Gasteiger partial charge in [-0.3, -0.25) is 0 Å². The fourth-order valence-electron chi connectivity index (χ4n) is 1.37. The Morgan fingerprint density at radius 2 is 2.25 bits per heavy atom. The monoisotopic (exact) mass is 255 g/mol. The molecule has 0 saturated carbocycles. The molecule has 0 fully saturated rings. The Labute approximate surface area is 102 Å². The fourth-order valence-corrected chi connectivity index (χ4v) is 3.10. The van der Waals surface area contributed by atoms with Crippen LogP contribution in [0.2, 0.25) is 0 Å². The van der Waals surface area contributed by atoms with E-state index >= 15 is 0 Å². The molecule has 0 aliphatic carbocycles. The van der Waals surface area contributed by atoms with Gasteiger partial charge in [0.1, 0.15) is 5.01 Å². The molecule has 4 nitrogen and oxygen atoms in total. The summed E-state index contributed by atoms with van der Waals surface area (Å²) in [6, 6.07) is 0. The van der Waals surface area contributed by atoms with Crippen molar-refractivity contribution in [2.24, 2.45) is 0 Å². The van der Waals surface area contributed by atoms with Gasteiger partial charge in [-0.15, -0.1) is 22.7 Å². The zero-order chi connectivity index (χ0) is 11.5. The Bertz CT molecular complexity index is 478. The molecule has 0 atom stereocenters. The highest BCUT2D eigenvalue weighted by molar-refractivity contribution is 7.16. The van der Waals surface area contributed by atoms with Gasteiger partial charge in [0.25, 0.3) is 0 Å². The van der Waals surface area contributed by atoms with E-state index in [-0.39, 0.29) is 0 Å². The van der Waals surface area contributed by atoms with E-state index in [1.165, 1.54) is 0 Å². The first-order chi connectivity index (χ1) is 7.74. The zero-order valence-corrected chi connectivity index (χ0v) is 11.0. The van der Waals surface area contributed by atoms with Crippen molar-refractivity contribution in [1.29, 1.82) is 0 Å². The minimum absolute atomic E-state index is 0.564. The molecule has 2 rings (SSSR count). The Morgan fingerprint density at radius 3 is 2.88 bits per heavy atom. The van der Waals surface area contributed by atoms with Crippen LogP contribution in [0.4, 0.5) is 5.13 Å². The summed E-state index contributed by atoms with van der Waals surface area (Å²) in [7, 11) is 3.55. The first-order valence-electron chi connectivity index (χ1n) is 4.83. The average molecular weight is 255 g/mol. The van der Waals surface area contributed by atoms with Gasteiger partial charge in [-0.25, -0.2) is 9.97 Å². The minimum atomic E-state index is 0.564. The first-order valence-corrected chi connectivity index (χ1v) is 6.53. The molecule has 0 saturated heterocycles. The molecule has 2 aromatic rings. The summed E-state index contributed by atoms with van der Waals surface area (Å²) in [5.74, 6) is 0. The number of ether oxygens (including phenoxy) is 1. The van der Waals surface area contributed by atoms with Crippen molar-refractivity contribution in [1.82, 2.24) is 9.97 Å². The van der Waals surface area contributed by atoms with E-state index in [9.17, 15) is 0 Å². The number of hydrogen-bond acceptors (Lipinski definition) is 6. The van der Waals surface area contributed by atoms with Crippen LogP contribution in [-0.4, -0.2) is 24.1 Å². The van der Waals surface area contributed by atoms with Crippen LogP contribution in [0, 0.1) is 6.92 Å². The van der Waals surface area contributed by atoms with Gasteiger partial charge in [-0.2, -0.15) is 0 Å². The minimum Gasteiger partial charge on any atom is -0.378 e. The van der Waals surface area contributed by atoms with Crippen LogP contribution in [0.1, 0.15) is 10.7 Å².